The average molecular weight is 338 g/mol. The van der Waals surface area contributed by atoms with Crippen molar-refractivity contribution in [1.29, 1.82) is 0 Å². The second-order valence-corrected chi connectivity index (χ2v) is 5.56. The highest BCUT2D eigenvalue weighted by molar-refractivity contribution is 6.14. The number of ether oxygens (including phenoxy) is 3. The number of ketones is 2. The van der Waals surface area contributed by atoms with Gasteiger partial charge >= 0.3 is 0 Å². The lowest BCUT2D eigenvalue weighted by Crippen LogP contribution is -2.06. The number of carbonyl (C=O) groups is 2. The minimum atomic E-state index is -0.195. The van der Waals surface area contributed by atoms with Crippen molar-refractivity contribution in [1.82, 2.24) is 0 Å². The van der Waals surface area contributed by atoms with Gasteiger partial charge in [-0.1, -0.05) is 18.2 Å². The topological polar surface area (TPSA) is 61.8 Å². The van der Waals surface area contributed by atoms with Crippen LogP contribution in [0.15, 0.2) is 48.2 Å². The molecule has 0 saturated heterocycles. The smallest absolute Gasteiger partial charge is 0.231 e. The largest absolute Gasteiger partial charge is 0.493 e. The maximum atomic E-state index is 12.5. The first kappa shape index (κ1) is 16.8. The van der Waals surface area contributed by atoms with Crippen LogP contribution in [0.25, 0.3) is 6.08 Å². The van der Waals surface area contributed by atoms with E-state index in [1.54, 1.807) is 24.3 Å². The van der Waals surface area contributed by atoms with Crippen molar-refractivity contribution in [3.63, 3.8) is 0 Å². The van der Waals surface area contributed by atoms with Gasteiger partial charge in [0.05, 0.1) is 12.2 Å². The second-order valence-electron chi connectivity index (χ2n) is 5.56. The molecule has 0 aliphatic carbocycles. The molecule has 0 spiro atoms. The van der Waals surface area contributed by atoms with Crippen LogP contribution in [0.1, 0.15) is 29.8 Å². The molecule has 0 N–H and O–H groups in total. The summed E-state index contributed by atoms with van der Waals surface area (Å²) in [4.78, 5) is 23.5. The summed E-state index contributed by atoms with van der Waals surface area (Å²) >= 11 is 0. The van der Waals surface area contributed by atoms with Crippen molar-refractivity contribution < 1.29 is 23.8 Å². The van der Waals surface area contributed by atoms with E-state index >= 15 is 0 Å². The fourth-order valence-electron chi connectivity index (χ4n) is 2.47. The number of benzene rings is 2. The van der Waals surface area contributed by atoms with Gasteiger partial charge in [0.25, 0.3) is 0 Å². The van der Waals surface area contributed by atoms with E-state index in [1.807, 2.05) is 31.2 Å². The van der Waals surface area contributed by atoms with Gasteiger partial charge in [-0.3, -0.25) is 9.59 Å². The fraction of sp³-hybridized carbons (Fsp3) is 0.200. The van der Waals surface area contributed by atoms with E-state index in [1.165, 1.54) is 6.92 Å². The summed E-state index contributed by atoms with van der Waals surface area (Å²) in [5, 5.41) is 0. The second kappa shape index (κ2) is 7.21. The minimum Gasteiger partial charge on any atom is -0.493 e. The Labute approximate surface area is 145 Å². The molecule has 2 aromatic rings. The molecule has 5 heteroatoms. The Morgan fingerprint density at radius 1 is 1.16 bits per heavy atom. The van der Waals surface area contributed by atoms with Crippen LogP contribution in [0.3, 0.4) is 0 Å². The number of allylic oxidation sites excluding steroid dienone is 1. The highest BCUT2D eigenvalue weighted by atomic mass is 16.5. The quantitative estimate of drug-likeness (QED) is 0.752. The predicted octanol–water partition coefficient (Wildman–Crippen LogP) is 3.67. The number of Topliss-reactive ketones (excluding diaryl/α,β-unsaturated/α-hetero) is 2. The minimum absolute atomic E-state index is 0.0167. The number of para-hydroxylation sites is 1. The van der Waals surface area contributed by atoms with E-state index in [4.69, 9.17) is 14.2 Å². The molecule has 0 aromatic heterocycles. The van der Waals surface area contributed by atoms with Crippen LogP contribution in [0.5, 0.6) is 17.2 Å². The monoisotopic (exact) mass is 338 g/mol. The first-order valence-electron chi connectivity index (χ1n) is 8.01. The number of hydrogen-bond acceptors (Lipinski definition) is 5. The molecule has 1 aliphatic heterocycles. The van der Waals surface area contributed by atoms with Gasteiger partial charge in [0, 0.05) is 11.6 Å². The van der Waals surface area contributed by atoms with Crippen molar-refractivity contribution in [3.8, 4) is 17.2 Å². The standard InChI is InChI=1S/C20H18O5/c1-3-23-17-7-5-4-6-14(17)10-19-20(22)16-9-8-15(11-18(16)25-19)24-12-13(2)21/h4-11H,3,12H2,1-2H3/b19-10-. The summed E-state index contributed by atoms with van der Waals surface area (Å²) in [6.45, 7) is 3.87. The Kier molecular flexibility index (Phi) is 4.84. The average Bonchev–Trinajstić information content (AvgIpc) is 2.90. The Morgan fingerprint density at radius 3 is 2.72 bits per heavy atom. The molecule has 0 bridgehead atoms. The zero-order valence-electron chi connectivity index (χ0n) is 14.1. The zero-order chi connectivity index (χ0) is 17.8. The Hall–Kier alpha value is -3.08. The van der Waals surface area contributed by atoms with Crippen LogP contribution in [0.4, 0.5) is 0 Å². The molecular weight excluding hydrogens is 320 g/mol. The maximum absolute atomic E-state index is 12.5. The van der Waals surface area contributed by atoms with Crippen LogP contribution in [0, 0.1) is 0 Å². The normalized spacial score (nSPS) is 14.2. The molecule has 5 nitrogen and oxygen atoms in total. The van der Waals surface area contributed by atoms with Gasteiger partial charge < -0.3 is 14.2 Å². The van der Waals surface area contributed by atoms with E-state index in [0.717, 1.165) is 5.56 Å². The number of carbonyl (C=O) groups excluding carboxylic acids is 2. The zero-order valence-corrected chi connectivity index (χ0v) is 14.1. The first-order chi connectivity index (χ1) is 12.1. The van der Waals surface area contributed by atoms with E-state index in [0.29, 0.717) is 29.4 Å². The van der Waals surface area contributed by atoms with E-state index in [2.05, 4.69) is 0 Å². The number of rotatable bonds is 6. The van der Waals surface area contributed by atoms with Crippen LogP contribution in [-0.2, 0) is 4.79 Å². The van der Waals surface area contributed by atoms with Gasteiger partial charge in [-0.25, -0.2) is 0 Å². The van der Waals surface area contributed by atoms with Crippen LogP contribution >= 0.6 is 0 Å². The third-order valence-corrected chi connectivity index (χ3v) is 3.59. The van der Waals surface area contributed by atoms with Crippen molar-refractivity contribution >= 4 is 17.6 Å². The predicted molar refractivity (Wildman–Crippen MR) is 93.2 cm³/mol. The number of hydrogen-bond donors (Lipinski definition) is 0. The van der Waals surface area contributed by atoms with Gasteiger partial charge in [0.1, 0.15) is 23.9 Å². The number of fused-ring (bicyclic) bond motifs is 1. The molecule has 3 rings (SSSR count). The molecule has 0 unspecified atom stereocenters. The molecule has 2 aromatic carbocycles. The van der Waals surface area contributed by atoms with Gasteiger partial charge in [-0.2, -0.15) is 0 Å². The Bertz CT molecular complexity index is 851. The molecule has 1 heterocycles. The molecule has 0 radical (unpaired) electrons. The van der Waals surface area contributed by atoms with E-state index in [-0.39, 0.29) is 23.9 Å². The van der Waals surface area contributed by atoms with E-state index < -0.39 is 0 Å². The Morgan fingerprint density at radius 2 is 1.96 bits per heavy atom. The lowest BCUT2D eigenvalue weighted by Gasteiger charge is -2.07. The maximum Gasteiger partial charge on any atom is 0.231 e. The summed E-state index contributed by atoms with van der Waals surface area (Å²) in [6, 6.07) is 12.4. The molecule has 1 aliphatic rings. The summed E-state index contributed by atoms with van der Waals surface area (Å²) in [7, 11) is 0. The SMILES string of the molecule is CCOc1ccccc1/C=C1\Oc2cc(OCC(C)=O)ccc2C1=O. The molecular formula is C20H18O5. The Balaban J connectivity index is 1.86. The van der Waals surface area contributed by atoms with Gasteiger partial charge in [0.2, 0.25) is 5.78 Å². The molecule has 0 saturated carbocycles. The van der Waals surface area contributed by atoms with E-state index in [9.17, 15) is 9.59 Å². The summed E-state index contributed by atoms with van der Waals surface area (Å²) < 4.78 is 16.6. The van der Waals surface area contributed by atoms with Crippen molar-refractivity contribution in [2.24, 2.45) is 0 Å². The molecule has 128 valence electrons. The molecule has 0 fully saturated rings. The van der Waals surface area contributed by atoms with Crippen molar-refractivity contribution in [2.45, 2.75) is 13.8 Å². The summed E-state index contributed by atoms with van der Waals surface area (Å²) in [5.74, 6) is 1.55. The summed E-state index contributed by atoms with van der Waals surface area (Å²) in [5.41, 5.74) is 1.24. The lowest BCUT2D eigenvalue weighted by atomic mass is 10.1. The lowest BCUT2D eigenvalue weighted by molar-refractivity contribution is -0.118. The van der Waals surface area contributed by atoms with Crippen LogP contribution in [0.2, 0.25) is 0 Å². The fourth-order valence-corrected chi connectivity index (χ4v) is 2.47. The highest BCUT2D eigenvalue weighted by Crippen LogP contribution is 2.35. The third kappa shape index (κ3) is 3.71. The molecule has 25 heavy (non-hydrogen) atoms. The van der Waals surface area contributed by atoms with Gasteiger partial charge in [-0.15, -0.1) is 0 Å². The van der Waals surface area contributed by atoms with Gasteiger partial charge in [0.15, 0.2) is 11.5 Å². The van der Waals surface area contributed by atoms with Crippen molar-refractivity contribution in [2.75, 3.05) is 13.2 Å². The first-order valence-corrected chi connectivity index (χ1v) is 8.01. The third-order valence-electron chi connectivity index (χ3n) is 3.59. The molecule has 0 atom stereocenters. The highest BCUT2D eigenvalue weighted by Gasteiger charge is 2.28. The summed E-state index contributed by atoms with van der Waals surface area (Å²) in [6.07, 6.45) is 1.67. The van der Waals surface area contributed by atoms with Crippen molar-refractivity contribution in [3.05, 3.63) is 59.4 Å². The van der Waals surface area contributed by atoms with Crippen LogP contribution < -0.4 is 14.2 Å². The van der Waals surface area contributed by atoms with Gasteiger partial charge in [-0.05, 0) is 38.1 Å². The van der Waals surface area contributed by atoms with Crippen LogP contribution in [-0.4, -0.2) is 24.8 Å². The molecule has 0 amide bonds.